The van der Waals surface area contributed by atoms with Crippen molar-refractivity contribution >= 4 is 11.9 Å². The third kappa shape index (κ3) is 2.20. The molecule has 0 aromatic heterocycles. The van der Waals surface area contributed by atoms with E-state index in [0.29, 0.717) is 13.2 Å². The predicted octanol–water partition coefficient (Wildman–Crippen LogP) is 0.706. The number of hydrogen-bond donors (Lipinski definition) is 1. The second kappa shape index (κ2) is 5.27. The number of ether oxygens (including phenoxy) is 3. The van der Waals surface area contributed by atoms with Crippen molar-refractivity contribution in [2.75, 3.05) is 27.4 Å². The van der Waals surface area contributed by atoms with Gasteiger partial charge in [-0.15, -0.1) is 0 Å². The number of nitrogens with one attached hydrogen (secondary N) is 1. The fraction of sp³-hybridized carbons (Fsp3) is 0.467. The molecule has 2 aliphatic rings. The Kier molecular flexibility index (Phi) is 3.45. The number of carbonyl (C=O) groups is 2. The van der Waals surface area contributed by atoms with Gasteiger partial charge in [-0.2, -0.15) is 0 Å². The molecule has 21 heavy (non-hydrogen) atoms. The highest BCUT2D eigenvalue weighted by Crippen LogP contribution is 2.43. The Balaban J connectivity index is 1.98. The Morgan fingerprint density at radius 1 is 1.38 bits per heavy atom. The van der Waals surface area contributed by atoms with E-state index in [0.717, 1.165) is 17.1 Å². The second-order valence-corrected chi connectivity index (χ2v) is 5.23. The summed E-state index contributed by atoms with van der Waals surface area (Å²) < 4.78 is 15.7. The van der Waals surface area contributed by atoms with E-state index in [-0.39, 0.29) is 17.7 Å². The van der Waals surface area contributed by atoms with E-state index in [2.05, 4.69) is 5.32 Å². The molecule has 0 saturated carbocycles. The van der Waals surface area contributed by atoms with Crippen molar-refractivity contribution < 1.29 is 23.8 Å². The first kappa shape index (κ1) is 13.7. The molecule has 112 valence electrons. The van der Waals surface area contributed by atoms with Crippen molar-refractivity contribution in [3.05, 3.63) is 23.8 Å². The number of amides is 1. The quantitative estimate of drug-likeness (QED) is 0.641. The van der Waals surface area contributed by atoms with Crippen LogP contribution in [0, 0.1) is 11.8 Å². The monoisotopic (exact) mass is 291 g/mol. The molecule has 2 heterocycles. The molecule has 1 amide bonds. The van der Waals surface area contributed by atoms with Crippen molar-refractivity contribution in [3.63, 3.8) is 0 Å². The number of fused-ring (bicyclic) bond motifs is 3. The van der Waals surface area contributed by atoms with E-state index in [1.807, 2.05) is 18.2 Å². The van der Waals surface area contributed by atoms with Gasteiger partial charge in [0, 0.05) is 23.9 Å². The maximum atomic E-state index is 12.0. The topological polar surface area (TPSA) is 73.9 Å². The summed E-state index contributed by atoms with van der Waals surface area (Å²) in [4.78, 5) is 23.9. The molecule has 3 atom stereocenters. The SMILES string of the molecule is COC(=O)C1C(=O)NCC2c3cc(OC)ccc3OCC12. The van der Waals surface area contributed by atoms with E-state index in [4.69, 9.17) is 14.2 Å². The molecule has 0 spiro atoms. The summed E-state index contributed by atoms with van der Waals surface area (Å²) in [5, 5.41) is 2.79. The molecule has 3 unspecified atom stereocenters. The number of hydrogen-bond acceptors (Lipinski definition) is 5. The largest absolute Gasteiger partial charge is 0.497 e. The van der Waals surface area contributed by atoms with E-state index in [1.165, 1.54) is 7.11 Å². The summed E-state index contributed by atoms with van der Waals surface area (Å²) in [5.41, 5.74) is 0.958. The molecule has 0 bridgehead atoms. The van der Waals surface area contributed by atoms with Crippen LogP contribution in [-0.2, 0) is 14.3 Å². The van der Waals surface area contributed by atoms with Gasteiger partial charge >= 0.3 is 5.97 Å². The van der Waals surface area contributed by atoms with Crippen LogP contribution in [0.4, 0.5) is 0 Å². The Hall–Kier alpha value is -2.24. The third-order valence-corrected chi connectivity index (χ3v) is 4.23. The standard InChI is InChI=1S/C15H17NO5/c1-19-8-3-4-12-9(5-8)10-6-16-14(17)13(15(18)20-2)11(10)7-21-12/h3-5,10-11,13H,6-7H2,1-2H3,(H,16,17). The van der Waals surface area contributed by atoms with Crippen molar-refractivity contribution in [3.8, 4) is 11.5 Å². The molecule has 1 aromatic rings. The van der Waals surface area contributed by atoms with Gasteiger partial charge in [-0.05, 0) is 18.2 Å². The van der Waals surface area contributed by atoms with E-state index in [9.17, 15) is 9.59 Å². The lowest BCUT2D eigenvalue weighted by Crippen LogP contribution is -2.53. The molecule has 6 heteroatoms. The number of methoxy groups -OCH3 is 2. The van der Waals surface area contributed by atoms with Gasteiger partial charge in [0.15, 0.2) is 0 Å². The first-order valence-corrected chi connectivity index (χ1v) is 6.82. The lowest BCUT2D eigenvalue weighted by molar-refractivity contribution is -0.155. The normalized spacial score (nSPS) is 26.8. The molecule has 2 aliphatic heterocycles. The van der Waals surface area contributed by atoms with Crippen LogP contribution in [0.2, 0.25) is 0 Å². The van der Waals surface area contributed by atoms with Crippen LogP contribution in [0.15, 0.2) is 18.2 Å². The minimum absolute atomic E-state index is 0.0191. The molecule has 3 rings (SSSR count). The zero-order valence-electron chi connectivity index (χ0n) is 11.9. The highest BCUT2D eigenvalue weighted by atomic mass is 16.5. The summed E-state index contributed by atoms with van der Waals surface area (Å²) in [7, 11) is 2.89. The van der Waals surface area contributed by atoms with Crippen LogP contribution in [0.3, 0.4) is 0 Å². The number of piperidine rings is 1. The fourth-order valence-corrected chi connectivity index (χ4v) is 3.12. The summed E-state index contributed by atoms with van der Waals surface area (Å²) >= 11 is 0. The first-order chi connectivity index (χ1) is 10.2. The fourth-order valence-electron chi connectivity index (χ4n) is 3.12. The smallest absolute Gasteiger partial charge is 0.318 e. The average Bonchev–Trinajstić information content (AvgIpc) is 2.53. The number of carbonyl (C=O) groups excluding carboxylic acids is 2. The Morgan fingerprint density at radius 3 is 2.90 bits per heavy atom. The zero-order chi connectivity index (χ0) is 15.0. The summed E-state index contributed by atoms with van der Waals surface area (Å²) in [6.45, 7) is 0.817. The molecule has 0 radical (unpaired) electrons. The van der Waals surface area contributed by atoms with Gasteiger partial charge in [0.25, 0.3) is 0 Å². The highest BCUT2D eigenvalue weighted by molar-refractivity contribution is 5.99. The summed E-state index contributed by atoms with van der Waals surface area (Å²) in [6.07, 6.45) is 0. The van der Waals surface area contributed by atoms with Crippen LogP contribution in [-0.4, -0.2) is 39.2 Å². The molecule has 6 nitrogen and oxygen atoms in total. The Bertz CT molecular complexity index is 577. The average molecular weight is 291 g/mol. The van der Waals surface area contributed by atoms with Gasteiger partial charge in [-0.3, -0.25) is 9.59 Å². The predicted molar refractivity (Wildman–Crippen MR) is 73.2 cm³/mol. The Morgan fingerprint density at radius 2 is 2.19 bits per heavy atom. The van der Waals surface area contributed by atoms with Gasteiger partial charge in [-0.25, -0.2) is 0 Å². The zero-order valence-corrected chi connectivity index (χ0v) is 11.9. The van der Waals surface area contributed by atoms with Gasteiger partial charge < -0.3 is 19.5 Å². The van der Waals surface area contributed by atoms with Gasteiger partial charge in [-0.1, -0.05) is 0 Å². The van der Waals surface area contributed by atoms with Crippen LogP contribution in [0.5, 0.6) is 11.5 Å². The maximum absolute atomic E-state index is 12.0. The van der Waals surface area contributed by atoms with Crippen molar-refractivity contribution in [2.45, 2.75) is 5.92 Å². The number of esters is 1. The minimum Gasteiger partial charge on any atom is -0.497 e. The molecule has 1 fully saturated rings. The van der Waals surface area contributed by atoms with E-state index >= 15 is 0 Å². The van der Waals surface area contributed by atoms with E-state index < -0.39 is 11.9 Å². The van der Waals surface area contributed by atoms with Crippen molar-refractivity contribution in [2.24, 2.45) is 11.8 Å². The van der Waals surface area contributed by atoms with Crippen molar-refractivity contribution in [1.82, 2.24) is 5.32 Å². The lowest BCUT2D eigenvalue weighted by atomic mass is 9.73. The lowest BCUT2D eigenvalue weighted by Gasteiger charge is -2.40. The molecule has 1 saturated heterocycles. The second-order valence-electron chi connectivity index (χ2n) is 5.23. The summed E-state index contributed by atoms with van der Waals surface area (Å²) in [5.74, 6) is -0.332. The highest BCUT2D eigenvalue weighted by Gasteiger charge is 2.47. The number of rotatable bonds is 2. The van der Waals surface area contributed by atoms with Crippen LogP contribution in [0.25, 0.3) is 0 Å². The third-order valence-electron chi connectivity index (χ3n) is 4.23. The first-order valence-electron chi connectivity index (χ1n) is 6.82. The van der Waals surface area contributed by atoms with Crippen LogP contribution >= 0.6 is 0 Å². The van der Waals surface area contributed by atoms with Crippen LogP contribution < -0.4 is 14.8 Å². The van der Waals surface area contributed by atoms with E-state index in [1.54, 1.807) is 7.11 Å². The molecule has 1 aromatic carbocycles. The molecule has 0 aliphatic carbocycles. The maximum Gasteiger partial charge on any atom is 0.318 e. The Labute approximate surface area is 122 Å². The van der Waals surface area contributed by atoms with Gasteiger partial charge in [0.2, 0.25) is 5.91 Å². The van der Waals surface area contributed by atoms with Crippen LogP contribution in [0.1, 0.15) is 11.5 Å². The molecular formula is C15H17NO5. The molecular weight excluding hydrogens is 274 g/mol. The number of benzene rings is 1. The van der Waals surface area contributed by atoms with Gasteiger partial charge in [0.1, 0.15) is 17.4 Å². The summed E-state index contributed by atoms with van der Waals surface area (Å²) in [6, 6.07) is 5.59. The minimum atomic E-state index is -0.826. The molecule has 1 N–H and O–H groups in total. The van der Waals surface area contributed by atoms with Crippen molar-refractivity contribution in [1.29, 1.82) is 0 Å². The van der Waals surface area contributed by atoms with Gasteiger partial charge in [0.05, 0.1) is 20.8 Å².